The number of alkyl halides is 1. The van der Waals surface area contributed by atoms with Crippen molar-refractivity contribution in [3.05, 3.63) is 28.9 Å². The molecule has 0 spiro atoms. The summed E-state index contributed by atoms with van der Waals surface area (Å²) < 4.78 is 13.7. The van der Waals surface area contributed by atoms with Gasteiger partial charge in [0.1, 0.15) is 11.6 Å². The Balaban J connectivity index is 2.88. The van der Waals surface area contributed by atoms with Crippen molar-refractivity contribution in [3.63, 3.8) is 0 Å². The number of benzene rings is 1. The fourth-order valence-corrected chi connectivity index (χ4v) is 2.63. The van der Waals surface area contributed by atoms with E-state index in [1.165, 1.54) is 17.4 Å². The van der Waals surface area contributed by atoms with Crippen LogP contribution < -0.4 is 0 Å². The van der Waals surface area contributed by atoms with Crippen LogP contribution in [0.15, 0.2) is 17.5 Å². The maximum atomic E-state index is 13.2. The van der Waals surface area contributed by atoms with Crippen LogP contribution in [0.5, 0.6) is 5.75 Å². The number of hydrogen-bond acceptors (Lipinski definition) is 2. The molecule has 0 aliphatic heterocycles. The van der Waals surface area contributed by atoms with E-state index in [-0.39, 0.29) is 11.6 Å². The fourth-order valence-electron chi connectivity index (χ4n) is 1.28. The minimum atomic E-state index is -0.273. The average Bonchev–Trinajstić information content (AvgIpc) is 2.51. The lowest BCUT2D eigenvalue weighted by atomic mass is 10.1. The number of thiophene rings is 1. The molecule has 0 saturated carbocycles. The second-order valence-corrected chi connectivity index (χ2v) is 4.11. The van der Waals surface area contributed by atoms with E-state index in [2.05, 4.69) is 15.9 Å². The Morgan fingerprint density at radius 2 is 2.23 bits per heavy atom. The lowest BCUT2D eigenvalue weighted by Crippen LogP contribution is -1.81. The van der Waals surface area contributed by atoms with Gasteiger partial charge in [-0.25, -0.2) is 4.39 Å². The first-order valence-electron chi connectivity index (χ1n) is 3.67. The van der Waals surface area contributed by atoms with Crippen molar-refractivity contribution < 1.29 is 9.50 Å². The minimum absolute atomic E-state index is 0.161. The number of rotatable bonds is 1. The zero-order chi connectivity index (χ0) is 9.42. The van der Waals surface area contributed by atoms with Gasteiger partial charge in [-0.1, -0.05) is 22.0 Å². The zero-order valence-electron chi connectivity index (χ0n) is 6.55. The molecule has 68 valence electrons. The summed E-state index contributed by atoms with van der Waals surface area (Å²) >= 11 is 4.52. The molecule has 2 aromatic rings. The largest absolute Gasteiger partial charge is 0.506 e. The molecule has 1 aromatic carbocycles. The highest BCUT2D eigenvalue weighted by Gasteiger charge is 2.10. The molecule has 0 radical (unpaired) electrons. The van der Waals surface area contributed by atoms with E-state index in [0.29, 0.717) is 15.4 Å². The number of aromatic hydroxyl groups is 1. The highest BCUT2D eigenvalue weighted by Crippen LogP contribution is 2.36. The Labute approximate surface area is 86.9 Å². The molecule has 1 N–H and O–H groups in total. The average molecular weight is 261 g/mol. The second kappa shape index (κ2) is 3.27. The second-order valence-electron chi connectivity index (χ2n) is 2.67. The van der Waals surface area contributed by atoms with Crippen LogP contribution in [0.2, 0.25) is 0 Å². The summed E-state index contributed by atoms with van der Waals surface area (Å²) in [7, 11) is 0. The molecule has 0 unspecified atom stereocenters. The molecule has 0 amide bonds. The van der Waals surface area contributed by atoms with Gasteiger partial charge in [0, 0.05) is 16.1 Å². The van der Waals surface area contributed by atoms with Gasteiger partial charge in [0.2, 0.25) is 0 Å². The third-order valence-corrected chi connectivity index (χ3v) is 3.46. The Morgan fingerprint density at radius 3 is 2.92 bits per heavy atom. The van der Waals surface area contributed by atoms with Crippen molar-refractivity contribution >= 4 is 37.4 Å². The van der Waals surface area contributed by atoms with Crippen molar-refractivity contribution in [2.75, 3.05) is 0 Å². The summed E-state index contributed by atoms with van der Waals surface area (Å²) in [6, 6.07) is 3.10. The molecule has 1 heterocycles. The first-order valence-corrected chi connectivity index (χ1v) is 5.67. The summed E-state index contributed by atoms with van der Waals surface area (Å²) in [5.41, 5.74) is 0.912. The molecule has 0 saturated heterocycles. The maximum absolute atomic E-state index is 13.2. The van der Waals surface area contributed by atoms with Crippen molar-refractivity contribution in [1.82, 2.24) is 0 Å². The van der Waals surface area contributed by atoms with Crippen LogP contribution in [0.3, 0.4) is 0 Å². The van der Waals surface area contributed by atoms with Gasteiger partial charge in [0.05, 0.1) is 4.70 Å². The molecule has 0 fully saturated rings. The lowest BCUT2D eigenvalue weighted by Gasteiger charge is -1.99. The monoisotopic (exact) mass is 260 g/mol. The van der Waals surface area contributed by atoms with Crippen LogP contribution in [-0.2, 0) is 5.33 Å². The number of fused-ring (bicyclic) bond motifs is 1. The van der Waals surface area contributed by atoms with Crippen LogP contribution in [0.1, 0.15) is 5.56 Å². The predicted octanol–water partition coefficient (Wildman–Crippen LogP) is 3.64. The van der Waals surface area contributed by atoms with Gasteiger partial charge in [0.25, 0.3) is 0 Å². The van der Waals surface area contributed by atoms with Gasteiger partial charge in [-0.15, -0.1) is 11.3 Å². The Morgan fingerprint density at radius 1 is 1.46 bits per heavy atom. The van der Waals surface area contributed by atoms with Gasteiger partial charge in [0.15, 0.2) is 0 Å². The fraction of sp³-hybridized carbons (Fsp3) is 0.111. The molecule has 0 atom stereocenters. The SMILES string of the molecule is Oc1csc2c(F)ccc(CBr)c12. The van der Waals surface area contributed by atoms with Crippen molar-refractivity contribution in [1.29, 1.82) is 0 Å². The quantitative estimate of drug-likeness (QED) is 0.777. The van der Waals surface area contributed by atoms with Gasteiger partial charge in [-0.05, 0) is 11.6 Å². The summed E-state index contributed by atoms with van der Waals surface area (Å²) in [6.45, 7) is 0. The Hall–Kier alpha value is -0.610. The normalized spacial score (nSPS) is 10.9. The summed E-state index contributed by atoms with van der Waals surface area (Å²) in [5, 5.41) is 12.3. The molecule has 0 bridgehead atoms. The van der Waals surface area contributed by atoms with Gasteiger partial charge in [-0.3, -0.25) is 0 Å². The third kappa shape index (κ3) is 1.34. The first kappa shape index (κ1) is 8.97. The van der Waals surface area contributed by atoms with Crippen molar-refractivity contribution in [2.45, 2.75) is 5.33 Å². The van der Waals surface area contributed by atoms with E-state index in [0.717, 1.165) is 5.56 Å². The lowest BCUT2D eigenvalue weighted by molar-refractivity contribution is 0.483. The molecular weight excluding hydrogens is 255 g/mol. The van der Waals surface area contributed by atoms with E-state index >= 15 is 0 Å². The highest BCUT2D eigenvalue weighted by molar-refractivity contribution is 9.08. The molecule has 13 heavy (non-hydrogen) atoms. The molecule has 2 rings (SSSR count). The van der Waals surface area contributed by atoms with Crippen LogP contribution >= 0.6 is 27.3 Å². The maximum Gasteiger partial charge on any atom is 0.141 e. The molecule has 4 heteroatoms. The van der Waals surface area contributed by atoms with E-state index in [4.69, 9.17) is 0 Å². The summed E-state index contributed by atoms with van der Waals surface area (Å²) in [6.07, 6.45) is 0. The number of halogens is 2. The third-order valence-electron chi connectivity index (χ3n) is 1.88. The standard InChI is InChI=1S/C9H6BrFOS/c10-3-5-1-2-6(11)9-8(5)7(12)4-13-9/h1-2,4,12H,3H2. The Kier molecular flexibility index (Phi) is 2.26. The molecule has 0 aliphatic rings. The molecule has 1 aromatic heterocycles. The molecular formula is C9H6BrFOS. The smallest absolute Gasteiger partial charge is 0.141 e. The van der Waals surface area contributed by atoms with E-state index in [9.17, 15) is 9.50 Å². The Bertz CT molecular complexity index is 452. The summed E-state index contributed by atoms with van der Waals surface area (Å²) in [5.74, 6) is -0.112. The van der Waals surface area contributed by atoms with Crippen LogP contribution in [-0.4, -0.2) is 5.11 Å². The first-order chi connectivity index (χ1) is 6.24. The molecule has 1 nitrogen and oxygen atoms in total. The van der Waals surface area contributed by atoms with E-state index < -0.39 is 0 Å². The van der Waals surface area contributed by atoms with Gasteiger partial charge < -0.3 is 5.11 Å². The van der Waals surface area contributed by atoms with E-state index in [1.807, 2.05) is 0 Å². The molecule has 0 aliphatic carbocycles. The van der Waals surface area contributed by atoms with Crippen molar-refractivity contribution in [3.8, 4) is 5.75 Å². The highest BCUT2D eigenvalue weighted by atomic mass is 79.9. The topological polar surface area (TPSA) is 20.2 Å². The van der Waals surface area contributed by atoms with Crippen LogP contribution in [0, 0.1) is 5.82 Å². The van der Waals surface area contributed by atoms with Gasteiger partial charge >= 0.3 is 0 Å². The van der Waals surface area contributed by atoms with Crippen LogP contribution in [0.4, 0.5) is 4.39 Å². The van der Waals surface area contributed by atoms with Crippen LogP contribution in [0.25, 0.3) is 10.1 Å². The minimum Gasteiger partial charge on any atom is -0.506 e. The van der Waals surface area contributed by atoms with Gasteiger partial charge in [-0.2, -0.15) is 0 Å². The van der Waals surface area contributed by atoms with E-state index in [1.54, 1.807) is 11.4 Å². The summed E-state index contributed by atoms with van der Waals surface area (Å²) in [4.78, 5) is 0. The predicted molar refractivity (Wildman–Crippen MR) is 56.1 cm³/mol. The zero-order valence-corrected chi connectivity index (χ0v) is 8.95. The number of hydrogen-bond donors (Lipinski definition) is 1. The van der Waals surface area contributed by atoms with Crippen molar-refractivity contribution in [2.24, 2.45) is 0 Å².